The van der Waals surface area contributed by atoms with Crippen LogP contribution in [0.2, 0.25) is 0 Å². The van der Waals surface area contributed by atoms with E-state index in [4.69, 9.17) is 4.89 Å². The fourth-order valence-electron chi connectivity index (χ4n) is 0.780. The second-order valence-corrected chi connectivity index (χ2v) is 2.81. The van der Waals surface area contributed by atoms with E-state index >= 15 is 0 Å². The number of carbonyl (C=O) groups excluding carboxylic acids is 1. The molecule has 0 amide bonds. The van der Waals surface area contributed by atoms with Crippen molar-refractivity contribution in [1.82, 2.24) is 0 Å². The predicted molar refractivity (Wildman–Crippen MR) is 51.0 cm³/mol. The van der Waals surface area contributed by atoms with E-state index in [-0.39, 0.29) is 5.97 Å². The van der Waals surface area contributed by atoms with Crippen LogP contribution < -0.4 is 0 Å². The lowest BCUT2D eigenvalue weighted by molar-refractivity contribution is -0.272. The highest BCUT2D eigenvalue weighted by Crippen LogP contribution is 1.97. The summed E-state index contributed by atoms with van der Waals surface area (Å²) in [6, 6.07) is 0. The lowest BCUT2D eigenvalue weighted by Gasteiger charge is -2.01. The van der Waals surface area contributed by atoms with Crippen LogP contribution in [-0.4, -0.2) is 12.6 Å². The summed E-state index contributed by atoms with van der Waals surface area (Å²) in [6.07, 6.45) is 5.83. The summed E-state index contributed by atoms with van der Waals surface area (Å²) < 4.78 is 0. The van der Waals surface area contributed by atoms with Gasteiger partial charge in [0.05, 0.1) is 13.0 Å². The standard InChI is InChI=1S/C10H18O3/c1-3-5-7-9-12-13-10(11)8-6-4-2/h4H,2-3,5-9H2,1H3. The third kappa shape index (κ3) is 9.08. The van der Waals surface area contributed by atoms with Crippen molar-refractivity contribution in [3.63, 3.8) is 0 Å². The van der Waals surface area contributed by atoms with Crippen LogP contribution in [0.5, 0.6) is 0 Å². The quantitative estimate of drug-likeness (QED) is 0.253. The van der Waals surface area contributed by atoms with E-state index < -0.39 is 0 Å². The van der Waals surface area contributed by atoms with E-state index in [0.29, 0.717) is 19.4 Å². The monoisotopic (exact) mass is 186 g/mol. The van der Waals surface area contributed by atoms with E-state index in [1.54, 1.807) is 6.08 Å². The van der Waals surface area contributed by atoms with Gasteiger partial charge in [-0.15, -0.1) is 6.58 Å². The smallest absolute Gasteiger partial charge is 0.298 e. The molecule has 0 aliphatic rings. The number of unbranched alkanes of at least 4 members (excludes halogenated alkanes) is 2. The molecule has 0 aromatic heterocycles. The molecule has 0 heterocycles. The summed E-state index contributed by atoms with van der Waals surface area (Å²) in [7, 11) is 0. The Balaban J connectivity index is 3.12. The Kier molecular flexibility index (Phi) is 8.67. The van der Waals surface area contributed by atoms with Crippen molar-refractivity contribution in [2.24, 2.45) is 0 Å². The SMILES string of the molecule is C=CCCC(=O)OOCCCCC. The van der Waals surface area contributed by atoms with Crippen molar-refractivity contribution >= 4 is 5.97 Å². The Hall–Kier alpha value is -0.830. The molecule has 0 radical (unpaired) electrons. The van der Waals surface area contributed by atoms with E-state index in [2.05, 4.69) is 18.4 Å². The summed E-state index contributed by atoms with van der Waals surface area (Å²) in [6.45, 7) is 6.11. The van der Waals surface area contributed by atoms with Gasteiger partial charge in [0.15, 0.2) is 0 Å². The largest absolute Gasteiger partial charge is 0.342 e. The molecule has 0 aliphatic carbocycles. The molecule has 0 aromatic carbocycles. The fourth-order valence-corrected chi connectivity index (χ4v) is 0.780. The van der Waals surface area contributed by atoms with Crippen LogP contribution in [0.15, 0.2) is 12.7 Å². The van der Waals surface area contributed by atoms with Crippen molar-refractivity contribution in [1.29, 1.82) is 0 Å². The average molecular weight is 186 g/mol. The number of carbonyl (C=O) groups is 1. The zero-order valence-corrected chi connectivity index (χ0v) is 8.25. The van der Waals surface area contributed by atoms with Crippen molar-refractivity contribution in [3.8, 4) is 0 Å². The van der Waals surface area contributed by atoms with Gasteiger partial charge in [-0.2, -0.15) is 4.89 Å². The zero-order valence-electron chi connectivity index (χ0n) is 8.25. The van der Waals surface area contributed by atoms with E-state index in [9.17, 15) is 4.79 Å². The number of hydrogen-bond acceptors (Lipinski definition) is 3. The van der Waals surface area contributed by atoms with Crippen LogP contribution in [0, 0.1) is 0 Å². The first-order valence-electron chi connectivity index (χ1n) is 4.74. The maximum Gasteiger partial charge on any atom is 0.342 e. The van der Waals surface area contributed by atoms with Gasteiger partial charge in [-0.05, 0) is 12.8 Å². The second kappa shape index (κ2) is 9.26. The minimum atomic E-state index is -0.323. The minimum Gasteiger partial charge on any atom is -0.298 e. The molecule has 0 spiro atoms. The summed E-state index contributed by atoms with van der Waals surface area (Å²) >= 11 is 0. The Labute approximate surface area is 79.7 Å². The Morgan fingerprint density at radius 3 is 2.85 bits per heavy atom. The van der Waals surface area contributed by atoms with Crippen LogP contribution >= 0.6 is 0 Å². The molecular weight excluding hydrogens is 168 g/mol. The molecule has 3 heteroatoms. The molecule has 0 saturated carbocycles. The van der Waals surface area contributed by atoms with Crippen LogP contribution in [0.3, 0.4) is 0 Å². The predicted octanol–water partition coefficient (Wildman–Crippen LogP) is 2.62. The molecule has 0 fully saturated rings. The highest BCUT2D eigenvalue weighted by atomic mass is 17.2. The molecule has 76 valence electrons. The Bertz CT molecular complexity index is 143. The van der Waals surface area contributed by atoms with Crippen LogP contribution in [0.1, 0.15) is 39.0 Å². The van der Waals surface area contributed by atoms with Crippen molar-refractivity contribution in [3.05, 3.63) is 12.7 Å². The summed E-state index contributed by atoms with van der Waals surface area (Å²) in [4.78, 5) is 20.1. The molecular formula is C10H18O3. The Morgan fingerprint density at radius 2 is 2.23 bits per heavy atom. The third-order valence-electron chi connectivity index (χ3n) is 1.54. The molecule has 0 aliphatic heterocycles. The molecule has 0 unspecified atom stereocenters. The van der Waals surface area contributed by atoms with Crippen molar-refractivity contribution < 1.29 is 14.6 Å². The molecule has 13 heavy (non-hydrogen) atoms. The first-order chi connectivity index (χ1) is 6.31. The number of rotatable bonds is 8. The first-order valence-corrected chi connectivity index (χ1v) is 4.74. The topological polar surface area (TPSA) is 35.5 Å². The lowest BCUT2D eigenvalue weighted by Crippen LogP contribution is -2.05. The highest BCUT2D eigenvalue weighted by Gasteiger charge is 2.01. The van der Waals surface area contributed by atoms with Gasteiger partial charge in [0.1, 0.15) is 0 Å². The second-order valence-electron chi connectivity index (χ2n) is 2.81. The lowest BCUT2D eigenvalue weighted by atomic mass is 10.3. The minimum absolute atomic E-state index is 0.323. The normalized spacial score (nSPS) is 9.62. The van der Waals surface area contributed by atoms with E-state index in [1.165, 1.54) is 0 Å². The average Bonchev–Trinajstić information content (AvgIpc) is 2.14. The van der Waals surface area contributed by atoms with Crippen LogP contribution in [0.4, 0.5) is 0 Å². The van der Waals surface area contributed by atoms with Gasteiger partial charge in [0.25, 0.3) is 0 Å². The van der Waals surface area contributed by atoms with Gasteiger partial charge in [-0.3, -0.25) is 4.89 Å². The molecule has 0 bridgehead atoms. The van der Waals surface area contributed by atoms with Crippen molar-refractivity contribution in [2.75, 3.05) is 6.61 Å². The molecule has 0 saturated heterocycles. The fraction of sp³-hybridized carbons (Fsp3) is 0.700. The molecule has 0 atom stereocenters. The summed E-state index contributed by atoms with van der Waals surface area (Å²) in [5.74, 6) is -0.323. The van der Waals surface area contributed by atoms with Gasteiger partial charge in [-0.1, -0.05) is 25.8 Å². The van der Waals surface area contributed by atoms with Gasteiger partial charge in [0.2, 0.25) is 0 Å². The van der Waals surface area contributed by atoms with Gasteiger partial charge >= 0.3 is 5.97 Å². The maximum atomic E-state index is 10.8. The van der Waals surface area contributed by atoms with Crippen LogP contribution in [-0.2, 0) is 14.6 Å². The molecule has 0 N–H and O–H groups in total. The molecule has 0 aromatic rings. The first kappa shape index (κ1) is 12.2. The van der Waals surface area contributed by atoms with E-state index in [1.807, 2.05) is 0 Å². The molecule has 0 rings (SSSR count). The number of hydrogen-bond donors (Lipinski definition) is 0. The zero-order chi connectivity index (χ0) is 9.94. The van der Waals surface area contributed by atoms with Gasteiger partial charge < -0.3 is 0 Å². The maximum absolute atomic E-state index is 10.8. The summed E-state index contributed by atoms with van der Waals surface area (Å²) in [5, 5.41) is 0. The van der Waals surface area contributed by atoms with Gasteiger partial charge in [-0.25, -0.2) is 4.79 Å². The number of allylic oxidation sites excluding steroid dienone is 1. The summed E-state index contributed by atoms with van der Waals surface area (Å²) in [5.41, 5.74) is 0. The van der Waals surface area contributed by atoms with Crippen molar-refractivity contribution in [2.45, 2.75) is 39.0 Å². The van der Waals surface area contributed by atoms with E-state index in [0.717, 1.165) is 19.3 Å². The molecule has 3 nitrogen and oxygen atoms in total. The van der Waals surface area contributed by atoms with Crippen LogP contribution in [0.25, 0.3) is 0 Å². The highest BCUT2D eigenvalue weighted by molar-refractivity contribution is 5.68. The van der Waals surface area contributed by atoms with Gasteiger partial charge in [0, 0.05) is 0 Å². The Morgan fingerprint density at radius 1 is 1.46 bits per heavy atom. The third-order valence-corrected chi connectivity index (χ3v) is 1.54.